The number of nitriles is 1. The molecule has 0 saturated carbocycles. The minimum Gasteiger partial charge on any atom is -0.326 e. The van der Waals surface area contributed by atoms with Crippen molar-refractivity contribution < 1.29 is 0 Å². The van der Waals surface area contributed by atoms with Crippen LogP contribution >= 0.6 is 0 Å². The summed E-state index contributed by atoms with van der Waals surface area (Å²) in [4.78, 5) is 3.87. The van der Waals surface area contributed by atoms with Crippen LogP contribution in [0.15, 0.2) is 24.5 Å². The Bertz CT molecular complexity index is 550. The molecule has 0 saturated heterocycles. The van der Waals surface area contributed by atoms with Gasteiger partial charge in [0, 0.05) is 6.54 Å². The fourth-order valence-electron chi connectivity index (χ4n) is 1.46. The van der Waals surface area contributed by atoms with Crippen LogP contribution in [0.4, 0.5) is 0 Å². The van der Waals surface area contributed by atoms with E-state index >= 15 is 0 Å². The van der Waals surface area contributed by atoms with Gasteiger partial charge >= 0.3 is 0 Å². The number of nitrogens with zero attached hydrogens (tertiary/aromatic N) is 4. The lowest BCUT2D eigenvalue weighted by Gasteiger charge is -2.06. The van der Waals surface area contributed by atoms with Crippen LogP contribution < -0.4 is 5.73 Å². The van der Waals surface area contributed by atoms with E-state index in [2.05, 4.69) is 10.1 Å². The molecule has 0 radical (unpaired) electrons. The molecule has 0 aliphatic heterocycles. The van der Waals surface area contributed by atoms with Gasteiger partial charge in [0.25, 0.3) is 5.82 Å². The van der Waals surface area contributed by atoms with Gasteiger partial charge in [-0.15, -0.1) is 5.10 Å². The molecule has 1 aromatic heterocycles. The number of benzene rings is 1. The zero-order valence-corrected chi connectivity index (χ0v) is 8.88. The summed E-state index contributed by atoms with van der Waals surface area (Å²) in [6.45, 7) is 2.45. The lowest BCUT2D eigenvalue weighted by atomic mass is 10.1. The fourth-order valence-corrected chi connectivity index (χ4v) is 1.46. The molecule has 16 heavy (non-hydrogen) atoms. The van der Waals surface area contributed by atoms with Gasteiger partial charge in [-0.1, -0.05) is 12.1 Å². The molecular formula is C11H11N5. The molecule has 0 aliphatic carbocycles. The summed E-state index contributed by atoms with van der Waals surface area (Å²) in [6.07, 6.45) is 1.53. The minimum atomic E-state index is 0.164. The molecule has 5 nitrogen and oxygen atoms in total. The highest BCUT2D eigenvalue weighted by atomic mass is 15.3. The molecule has 2 aromatic rings. The Kier molecular flexibility index (Phi) is 2.66. The van der Waals surface area contributed by atoms with E-state index in [0.29, 0.717) is 6.54 Å². The van der Waals surface area contributed by atoms with Crippen LogP contribution in [0.1, 0.15) is 17.0 Å². The van der Waals surface area contributed by atoms with Gasteiger partial charge in [0.05, 0.1) is 5.69 Å². The van der Waals surface area contributed by atoms with Crippen molar-refractivity contribution in [2.45, 2.75) is 13.5 Å². The number of aromatic nitrogens is 3. The second kappa shape index (κ2) is 4.13. The normalized spacial score (nSPS) is 10.1. The smallest absolute Gasteiger partial charge is 0.252 e. The zero-order chi connectivity index (χ0) is 11.5. The van der Waals surface area contributed by atoms with Crippen molar-refractivity contribution in [1.29, 1.82) is 5.26 Å². The van der Waals surface area contributed by atoms with Gasteiger partial charge in [0.15, 0.2) is 0 Å². The van der Waals surface area contributed by atoms with Crippen LogP contribution in [-0.4, -0.2) is 14.8 Å². The monoisotopic (exact) mass is 213 g/mol. The molecule has 0 amide bonds. The second-order valence-electron chi connectivity index (χ2n) is 3.45. The fraction of sp³-hybridized carbons (Fsp3) is 0.182. The molecule has 80 valence electrons. The van der Waals surface area contributed by atoms with Crippen LogP contribution in [-0.2, 0) is 6.54 Å². The summed E-state index contributed by atoms with van der Waals surface area (Å²) in [6, 6.07) is 7.80. The third-order valence-electron chi connectivity index (χ3n) is 2.35. The lowest BCUT2D eigenvalue weighted by molar-refractivity contribution is 0.861. The van der Waals surface area contributed by atoms with E-state index in [1.54, 1.807) is 4.68 Å². The molecular weight excluding hydrogens is 202 g/mol. The van der Waals surface area contributed by atoms with E-state index in [9.17, 15) is 0 Å². The van der Waals surface area contributed by atoms with Gasteiger partial charge in [-0.25, -0.2) is 9.67 Å². The highest BCUT2D eigenvalue weighted by Crippen LogP contribution is 2.14. The molecule has 1 aromatic carbocycles. The zero-order valence-electron chi connectivity index (χ0n) is 8.88. The van der Waals surface area contributed by atoms with Gasteiger partial charge in [-0.05, 0) is 24.1 Å². The summed E-state index contributed by atoms with van der Waals surface area (Å²) < 4.78 is 1.59. The molecule has 0 spiro atoms. The van der Waals surface area contributed by atoms with Crippen LogP contribution in [0.5, 0.6) is 0 Å². The predicted octanol–water partition coefficient (Wildman–Crippen LogP) is 0.906. The maximum Gasteiger partial charge on any atom is 0.252 e. The van der Waals surface area contributed by atoms with Crippen molar-refractivity contribution in [3.05, 3.63) is 41.5 Å². The van der Waals surface area contributed by atoms with Crippen molar-refractivity contribution in [1.82, 2.24) is 14.8 Å². The highest BCUT2D eigenvalue weighted by Gasteiger charge is 2.05. The van der Waals surface area contributed by atoms with Crippen LogP contribution in [0.3, 0.4) is 0 Å². The Labute approximate surface area is 93.1 Å². The molecule has 1 heterocycles. The SMILES string of the molecule is Cc1ccc(CN)cc1-n1cnc(C#N)n1. The standard InChI is InChI=1S/C11H11N5/c1-8-2-3-9(5-12)4-10(8)16-7-14-11(6-13)15-16/h2-4,7H,5,12H2,1H3. The van der Waals surface area contributed by atoms with Gasteiger partial charge in [-0.3, -0.25) is 0 Å². The Hall–Kier alpha value is -2.19. The molecule has 0 bridgehead atoms. The first-order valence-electron chi connectivity index (χ1n) is 4.86. The number of hydrogen-bond donors (Lipinski definition) is 1. The van der Waals surface area contributed by atoms with E-state index in [1.807, 2.05) is 31.2 Å². The maximum atomic E-state index is 8.66. The Morgan fingerprint density at radius 1 is 1.50 bits per heavy atom. The van der Waals surface area contributed by atoms with E-state index in [1.165, 1.54) is 6.33 Å². The Balaban J connectivity index is 2.50. The molecule has 2 rings (SSSR count). The average Bonchev–Trinajstić information content (AvgIpc) is 2.78. The van der Waals surface area contributed by atoms with Crippen LogP contribution in [0, 0.1) is 18.3 Å². The Morgan fingerprint density at radius 2 is 2.31 bits per heavy atom. The van der Waals surface area contributed by atoms with Crippen molar-refractivity contribution in [2.75, 3.05) is 0 Å². The molecule has 0 atom stereocenters. The van der Waals surface area contributed by atoms with Gasteiger partial charge in [0.2, 0.25) is 0 Å². The summed E-state index contributed by atoms with van der Waals surface area (Å²) in [5.74, 6) is 0.164. The van der Waals surface area contributed by atoms with Crippen molar-refractivity contribution >= 4 is 0 Å². The molecule has 0 fully saturated rings. The number of hydrogen-bond acceptors (Lipinski definition) is 4. The topological polar surface area (TPSA) is 80.5 Å². The summed E-state index contributed by atoms with van der Waals surface area (Å²) >= 11 is 0. The highest BCUT2D eigenvalue weighted by molar-refractivity contribution is 5.42. The summed E-state index contributed by atoms with van der Waals surface area (Å²) in [5.41, 5.74) is 8.57. The maximum absolute atomic E-state index is 8.66. The quantitative estimate of drug-likeness (QED) is 0.803. The van der Waals surface area contributed by atoms with E-state index in [-0.39, 0.29) is 5.82 Å². The van der Waals surface area contributed by atoms with E-state index < -0.39 is 0 Å². The average molecular weight is 213 g/mol. The van der Waals surface area contributed by atoms with Gasteiger partial charge in [-0.2, -0.15) is 5.26 Å². The van der Waals surface area contributed by atoms with Crippen molar-refractivity contribution in [3.63, 3.8) is 0 Å². The summed E-state index contributed by atoms with van der Waals surface area (Å²) in [5, 5.41) is 12.7. The first-order valence-corrected chi connectivity index (χ1v) is 4.86. The first kappa shape index (κ1) is 10.3. The third kappa shape index (κ3) is 1.78. The molecule has 0 unspecified atom stereocenters. The van der Waals surface area contributed by atoms with Crippen LogP contribution in [0.25, 0.3) is 5.69 Å². The first-order chi connectivity index (χ1) is 7.74. The van der Waals surface area contributed by atoms with E-state index in [0.717, 1.165) is 16.8 Å². The lowest BCUT2D eigenvalue weighted by Crippen LogP contribution is -2.02. The molecule has 2 N–H and O–H groups in total. The Morgan fingerprint density at radius 3 is 2.94 bits per heavy atom. The largest absolute Gasteiger partial charge is 0.326 e. The van der Waals surface area contributed by atoms with Gasteiger partial charge < -0.3 is 5.73 Å². The summed E-state index contributed by atoms with van der Waals surface area (Å²) in [7, 11) is 0. The van der Waals surface area contributed by atoms with E-state index in [4.69, 9.17) is 11.0 Å². The number of aryl methyl sites for hydroxylation is 1. The molecule has 0 aliphatic rings. The van der Waals surface area contributed by atoms with Crippen molar-refractivity contribution in [2.24, 2.45) is 5.73 Å². The minimum absolute atomic E-state index is 0.164. The second-order valence-corrected chi connectivity index (χ2v) is 3.45. The van der Waals surface area contributed by atoms with Gasteiger partial charge in [0.1, 0.15) is 12.4 Å². The van der Waals surface area contributed by atoms with Crippen molar-refractivity contribution in [3.8, 4) is 11.8 Å². The molecule has 5 heteroatoms. The third-order valence-corrected chi connectivity index (χ3v) is 2.35. The number of nitrogens with two attached hydrogens (primary N) is 1. The van der Waals surface area contributed by atoms with Crippen LogP contribution in [0.2, 0.25) is 0 Å². The predicted molar refractivity (Wildman–Crippen MR) is 58.7 cm³/mol. The number of rotatable bonds is 2.